The van der Waals surface area contributed by atoms with Gasteiger partial charge in [-0.25, -0.2) is 0 Å². The molecule has 0 aliphatic heterocycles. The molecule has 70 valence electrons. The van der Waals surface area contributed by atoms with Crippen LogP contribution in [0.2, 0.25) is 0 Å². The molecule has 0 amide bonds. The first kappa shape index (κ1) is 9.21. The first-order valence-electron chi connectivity index (χ1n) is 4.21. The number of rotatable bonds is 1. The van der Waals surface area contributed by atoms with Crippen LogP contribution in [0.3, 0.4) is 0 Å². The monoisotopic (exact) mass is 249 g/mol. The van der Waals surface area contributed by atoms with Crippen molar-refractivity contribution in [2.24, 2.45) is 0 Å². The molecule has 0 radical (unpaired) electrons. The smallest absolute Gasteiger partial charge is 0.255 e. The minimum Gasteiger partial charge on any atom is -0.284 e. The highest BCUT2D eigenvalue weighted by molar-refractivity contribution is 9.10. The molecule has 0 saturated heterocycles. The molecular weight excluding hydrogens is 242 g/mol. The zero-order valence-corrected chi connectivity index (χ0v) is 8.94. The average molecular weight is 250 g/mol. The summed E-state index contributed by atoms with van der Waals surface area (Å²) in [6.07, 6.45) is 1.76. The first-order chi connectivity index (χ1) is 6.77. The van der Waals surface area contributed by atoms with Crippen molar-refractivity contribution in [2.45, 2.75) is 0 Å². The molecule has 0 unspecified atom stereocenters. The summed E-state index contributed by atoms with van der Waals surface area (Å²) in [5, 5.41) is 0. The van der Waals surface area contributed by atoms with Gasteiger partial charge < -0.3 is 0 Å². The summed E-state index contributed by atoms with van der Waals surface area (Å²) in [4.78, 5) is 11.5. The SMILES string of the molecule is O=c1ccccn1-c1ccc(Br)cc1. The van der Waals surface area contributed by atoms with E-state index in [1.165, 1.54) is 0 Å². The molecule has 2 nitrogen and oxygen atoms in total. The molecule has 0 spiro atoms. The summed E-state index contributed by atoms with van der Waals surface area (Å²) in [5.41, 5.74) is 0.855. The van der Waals surface area contributed by atoms with Gasteiger partial charge in [0, 0.05) is 22.4 Å². The predicted octanol–water partition coefficient (Wildman–Crippen LogP) is 2.60. The highest BCUT2D eigenvalue weighted by Crippen LogP contribution is 2.12. The maximum Gasteiger partial charge on any atom is 0.255 e. The normalized spacial score (nSPS) is 10.1. The Morgan fingerprint density at radius 2 is 1.71 bits per heavy atom. The number of nitrogens with zero attached hydrogens (tertiary/aromatic N) is 1. The second-order valence-electron chi connectivity index (χ2n) is 2.89. The summed E-state index contributed by atoms with van der Waals surface area (Å²) >= 11 is 3.35. The Balaban J connectivity index is 2.56. The molecule has 0 atom stereocenters. The Bertz CT molecular complexity index is 487. The Morgan fingerprint density at radius 1 is 1.00 bits per heavy atom. The van der Waals surface area contributed by atoms with Gasteiger partial charge in [-0.15, -0.1) is 0 Å². The molecule has 0 fully saturated rings. The van der Waals surface area contributed by atoms with Crippen LogP contribution in [0.4, 0.5) is 0 Å². The van der Waals surface area contributed by atoms with Gasteiger partial charge in [-0.05, 0) is 30.3 Å². The van der Waals surface area contributed by atoms with Crippen LogP contribution in [0.15, 0.2) is 57.9 Å². The van der Waals surface area contributed by atoms with E-state index in [0.29, 0.717) is 0 Å². The molecule has 2 aromatic rings. The maximum atomic E-state index is 11.5. The number of hydrogen-bond donors (Lipinski definition) is 0. The van der Waals surface area contributed by atoms with E-state index in [4.69, 9.17) is 0 Å². The van der Waals surface area contributed by atoms with Gasteiger partial charge in [0.1, 0.15) is 0 Å². The van der Waals surface area contributed by atoms with Crippen LogP contribution in [0.5, 0.6) is 0 Å². The zero-order valence-electron chi connectivity index (χ0n) is 7.35. The highest BCUT2D eigenvalue weighted by Gasteiger charge is 1.96. The van der Waals surface area contributed by atoms with Crippen LogP contribution >= 0.6 is 15.9 Å². The summed E-state index contributed by atoms with van der Waals surface area (Å²) in [6.45, 7) is 0. The number of halogens is 1. The summed E-state index contributed by atoms with van der Waals surface area (Å²) in [7, 11) is 0. The second-order valence-corrected chi connectivity index (χ2v) is 3.80. The lowest BCUT2D eigenvalue weighted by Crippen LogP contribution is -2.15. The van der Waals surface area contributed by atoms with Crippen molar-refractivity contribution in [1.29, 1.82) is 0 Å². The lowest BCUT2D eigenvalue weighted by molar-refractivity contribution is 0.990. The lowest BCUT2D eigenvalue weighted by Gasteiger charge is -2.03. The first-order valence-corrected chi connectivity index (χ1v) is 5.00. The van der Waals surface area contributed by atoms with Crippen LogP contribution in [-0.4, -0.2) is 4.57 Å². The summed E-state index contributed by atoms with van der Waals surface area (Å²) in [6, 6.07) is 12.7. The molecule has 0 saturated carbocycles. The average Bonchev–Trinajstić information content (AvgIpc) is 2.20. The van der Waals surface area contributed by atoms with E-state index in [-0.39, 0.29) is 5.56 Å². The molecule has 1 aromatic carbocycles. The van der Waals surface area contributed by atoms with Gasteiger partial charge in [0.15, 0.2) is 0 Å². The molecule has 0 bridgehead atoms. The minimum atomic E-state index is -0.0187. The lowest BCUT2D eigenvalue weighted by atomic mass is 10.3. The van der Waals surface area contributed by atoms with Crippen LogP contribution in [0.1, 0.15) is 0 Å². The number of hydrogen-bond acceptors (Lipinski definition) is 1. The van der Waals surface area contributed by atoms with Crippen LogP contribution in [0.25, 0.3) is 5.69 Å². The van der Waals surface area contributed by atoms with Crippen molar-refractivity contribution in [2.75, 3.05) is 0 Å². The predicted molar refractivity (Wildman–Crippen MR) is 59.7 cm³/mol. The molecule has 3 heteroatoms. The summed E-state index contributed by atoms with van der Waals surface area (Å²) < 4.78 is 2.61. The van der Waals surface area contributed by atoms with E-state index in [1.54, 1.807) is 22.9 Å². The van der Waals surface area contributed by atoms with E-state index in [0.717, 1.165) is 10.2 Å². The standard InChI is InChI=1S/C11H8BrNO/c12-9-4-6-10(7-5-9)13-8-2-1-3-11(13)14/h1-8H. The third kappa shape index (κ3) is 1.77. The molecule has 0 aliphatic carbocycles. The fourth-order valence-electron chi connectivity index (χ4n) is 1.24. The van der Waals surface area contributed by atoms with Crippen LogP contribution in [0, 0.1) is 0 Å². The Morgan fingerprint density at radius 3 is 2.36 bits per heavy atom. The summed E-state index contributed by atoms with van der Waals surface area (Å²) in [5.74, 6) is 0. The number of aromatic nitrogens is 1. The van der Waals surface area contributed by atoms with Gasteiger partial charge in [-0.2, -0.15) is 0 Å². The minimum absolute atomic E-state index is 0.0187. The van der Waals surface area contributed by atoms with E-state index in [1.807, 2.05) is 30.3 Å². The Hall–Kier alpha value is -1.35. The number of pyridine rings is 1. The Kier molecular flexibility index (Phi) is 2.50. The molecule has 1 heterocycles. The van der Waals surface area contributed by atoms with Crippen LogP contribution < -0.4 is 5.56 Å². The third-order valence-corrected chi connectivity index (χ3v) is 2.46. The fourth-order valence-corrected chi connectivity index (χ4v) is 1.51. The molecule has 1 aromatic heterocycles. The highest BCUT2D eigenvalue weighted by atomic mass is 79.9. The largest absolute Gasteiger partial charge is 0.284 e. The molecule has 0 N–H and O–H groups in total. The molecule has 14 heavy (non-hydrogen) atoms. The Labute approximate surface area is 89.9 Å². The third-order valence-electron chi connectivity index (χ3n) is 1.93. The number of benzene rings is 1. The molecule has 2 rings (SSSR count). The second kappa shape index (κ2) is 3.80. The van der Waals surface area contributed by atoms with Gasteiger partial charge >= 0.3 is 0 Å². The molecule has 0 aliphatic rings. The molecular formula is C11H8BrNO. The van der Waals surface area contributed by atoms with Crippen molar-refractivity contribution in [3.63, 3.8) is 0 Å². The van der Waals surface area contributed by atoms with Crippen molar-refractivity contribution in [3.8, 4) is 5.69 Å². The van der Waals surface area contributed by atoms with Gasteiger partial charge in [-0.1, -0.05) is 22.0 Å². The zero-order chi connectivity index (χ0) is 9.97. The van der Waals surface area contributed by atoms with E-state index in [2.05, 4.69) is 15.9 Å². The van der Waals surface area contributed by atoms with Gasteiger partial charge in [0.25, 0.3) is 5.56 Å². The van der Waals surface area contributed by atoms with Crippen LogP contribution in [-0.2, 0) is 0 Å². The van der Waals surface area contributed by atoms with Gasteiger partial charge in [0.05, 0.1) is 0 Å². The van der Waals surface area contributed by atoms with Crippen molar-refractivity contribution in [3.05, 3.63) is 63.5 Å². The van der Waals surface area contributed by atoms with E-state index in [9.17, 15) is 4.79 Å². The quantitative estimate of drug-likeness (QED) is 0.762. The van der Waals surface area contributed by atoms with Gasteiger partial charge in [0.2, 0.25) is 0 Å². The van der Waals surface area contributed by atoms with Crippen molar-refractivity contribution < 1.29 is 0 Å². The van der Waals surface area contributed by atoms with E-state index >= 15 is 0 Å². The topological polar surface area (TPSA) is 22.0 Å². The van der Waals surface area contributed by atoms with Gasteiger partial charge in [-0.3, -0.25) is 9.36 Å². The fraction of sp³-hybridized carbons (Fsp3) is 0. The van der Waals surface area contributed by atoms with Crippen molar-refractivity contribution in [1.82, 2.24) is 4.57 Å². The van der Waals surface area contributed by atoms with E-state index < -0.39 is 0 Å². The maximum absolute atomic E-state index is 11.5. The van der Waals surface area contributed by atoms with Crippen molar-refractivity contribution >= 4 is 15.9 Å².